The number of nitrogens with zero attached hydrogens (tertiary/aromatic N) is 2. The predicted octanol–water partition coefficient (Wildman–Crippen LogP) is 3.77. The molecule has 27 heavy (non-hydrogen) atoms. The van der Waals surface area contributed by atoms with Gasteiger partial charge in [0.1, 0.15) is 0 Å². The van der Waals surface area contributed by atoms with Crippen molar-refractivity contribution in [2.45, 2.75) is 62.9 Å². The normalized spacial score (nSPS) is 26.7. The molecule has 3 fully saturated rings. The van der Waals surface area contributed by atoms with E-state index < -0.39 is 0 Å². The van der Waals surface area contributed by atoms with Crippen molar-refractivity contribution in [1.82, 2.24) is 15.1 Å². The van der Waals surface area contributed by atoms with Gasteiger partial charge in [-0.1, -0.05) is 43.0 Å². The summed E-state index contributed by atoms with van der Waals surface area (Å²) in [5.41, 5.74) is 1.08. The van der Waals surface area contributed by atoms with Crippen LogP contribution in [0.15, 0.2) is 24.3 Å². The molecule has 146 valence electrons. The van der Waals surface area contributed by atoms with E-state index in [1.54, 1.807) is 6.92 Å². The molecule has 0 aromatic heterocycles. The number of halogens is 1. The van der Waals surface area contributed by atoms with Gasteiger partial charge in [-0.2, -0.15) is 0 Å². The lowest BCUT2D eigenvalue weighted by molar-refractivity contribution is -0.141. The van der Waals surface area contributed by atoms with Crippen molar-refractivity contribution in [3.8, 4) is 0 Å². The van der Waals surface area contributed by atoms with Crippen LogP contribution < -0.4 is 5.32 Å². The zero-order valence-corrected chi connectivity index (χ0v) is 16.7. The van der Waals surface area contributed by atoms with E-state index in [9.17, 15) is 9.59 Å². The van der Waals surface area contributed by atoms with E-state index in [1.165, 1.54) is 12.0 Å². The molecule has 0 unspecified atom stereocenters. The van der Waals surface area contributed by atoms with Gasteiger partial charge in [0, 0.05) is 43.5 Å². The Morgan fingerprint density at radius 2 is 1.81 bits per heavy atom. The van der Waals surface area contributed by atoms with E-state index in [1.807, 2.05) is 34.1 Å². The largest absolute Gasteiger partial charge is 0.335 e. The Kier molecular flexibility index (Phi) is 5.06. The van der Waals surface area contributed by atoms with Gasteiger partial charge in [0.2, 0.25) is 5.91 Å². The molecule has 1 aromatic carbocycles. The summed E-state index contributed by atoms with van der Waals surface area (Å²) in [6.45, 7) is 3.59. The molecule has 5 nitrogen and oxygen atoms in total. The summed E-state index contributed by atoms with van der Waals surface area (Å²) in [7, 11) is 0. The lowest BCUT2D eigenvalue weighted by atomic mass is 9.78. The van der Waals surface area contributed by atoms with Gasteiger partial charge in [-0.25, -0.2) is 4.79 Å². The summed E-state index contributed by atoms with van der Waals surface area (Å²) in [5.74, 6) is 0.523. The van der Waals surface area contributed by atoms with Crippen LogP contribution in [0.25, 0.3) is 0 Å². The van der Waals surface area contributed by atoms with Gasteiger partial charge in [0.15, 0.2) is 0 Å². The van der Waals surface area contributed by atoms with Crippen LogP contribution in [0.3, 0.4) is 0 Å². The van der Waals surface area contributed by atoms with E-state index in [2.05, 4.69) is 5.32 Å². The van der Waals surface area contributed by atoms with Crippen molar-refractivity contribution in [3.63, 3.8) is 0 Å². The average molecular weight is 390 g/mol. The molecule has 1 N–H and O–H groups in total. The topological polar surface area (TPSA) is 52.7 Å². The summed E-state index contributed by atoms with van der Waals surface area (Å²) in [6, 6.07) is 8.12. The fraction of sp³-hybridized carbons (Fsp3) is 0.619. The number of carbonyl (C=O) groups excluding carboxylic acids is 2. The Balaban J connectivity index is 1.38. The van der Waals surface area contributed by atoms with Gasteiger partial charge in [0.25, 0.3) is 0 Å². The summed E-state index contributed by atoms with van der Waals surface area (Å²) in [4.78, 5) is 29.0. The molecule has 3 aliphatic rings. The fourth-order valence-electron chi connectivity index (χ4n) is 4.96. The zero-order valence-electron chi connectivity index (χ0n) is 15.9. The molecule has 2 saturated carbocycles. The van der Waals surface area contributed by atoms with Crippen molar-refractivity contribution in [3.05, 3.63) is 34.9 Å². The minimum Gasteiger partial charge on any atom is -0.335 e. The molecule has 1 aromatic rings. The Morgan fingerprint density at radius 1 is 1.11 bits per heavy atom. The molecule has 2 atom stereocenters. The third-order valence-corrected chi connectivity index (χ3v) is 6.75. The molecule has 0 bridgehead atoms. The average Bonchev–Trinajstić information content (AvgIpc) is 3.41. The second-order valence-corrected chi connectivity index (χ2v) is 8.76. The smallest absolute Gasteiger partial charge is 0.317 e. The van der Waals surface area contributed by atoms with Crippen LogP contribution in [0.4, 0.5) is 4.79 Å². The van der Waals surface area contributed by atoms with Crippen molar-refractivity contribution >= 4 is 23.5 Å². The van der Waals surface area contributed by atoms with Crippen molar-refractivity contribution in [2.75, 3.05) is 19.6 Å². The van der Waals surface area contributed by atoms with Crippen molar-refractivity contribution in [1.29, 1.82) is 0 Å². The van der Waals surface area contributed by atoms with Crippen LogP contribution in [-0.4, -0.2) is 53.0 Å². The number of benzene rings is 1. The highest BCUT2D eigenvalue weighted by molar-refractivity contribution is 6.30. The summed E-state index contributed by atoms with van der Waals surface area (Å²) >= 11 is 5.96. The zero-order chi connectivity index (χ0) is 19.0. The maximum atomic E-state index is 12.9. The lowest BCUT2D eigenvalue weighted by Gasteiger charge is -2.52. The number of amides is 3. The van der Waals surface area contributed by atoms with E-state index >= 15 is 0 Å². The number of urea groups is 1. The SMILES string of the molecule is CC(=O)N1CCN(C(=O)N[C@@H]2C[C@H]2c2ccc(Cl)cc2)CC12CCCCC2. The van der Waals surface area contributed by atoms with Crippen LogP contribution in [0.5, 0.6) is 0 Å². The first-order valence-electron chi connectivity index (χ1n) is 10.1. The van der Waals surface area contributed by atoms with Gasteiger partial charge >= 0.3 is 6.03 Å². The maximum Gasteiger partial charge on any atom is 0.317 e. The molecular formula is C21H28ClN3O2. The van der Waals surface area contributed by atoms with Crippen molar-refractivity contribution < 1.29 is 9.59 Å². The van der Waals surface area contributed by atoms with Crippen LogP contribution >= 0.6 is 11.6 Å². The van der Waals surface area contributed by atoms with Crippen LogP contribution in [0, 0.1) is 0 Å². The van der Waals surface area contributed by atoms with Gasteiger partial charge < -0.3 is 15.1 Å². The number of hydrogen-bond donors (Lipinski definition) is 1. The number of piperazine rings is 1. The van der Waals surface area contributed by atoms with Crippen LogP contribution in [0.2, 0.25) is 5.02 Å². The number of hydrogen-bond acceptors (Lipinski definition) is 2. The highest BCUT2D eigenvalue weighted by atomic mass is 35.5. The standard InChI is InChI=1S/C21H28ClN3O2/c1-15(26)25-12-11-24(14-21(25)9-3-2-4-10-21)20(27)23-19-13-18(19)16-5-7-17(22)8-6-16/h5-8,18-19H,2-4,9-14H2,1H3,(H,23,27)/t18-,19+/m0/s1. The third-order valence-electron chi connectivity index (χ3n) is 6.50. The monoisotopic (exact) mass is 389 g/mol. The Labute approximate surface area is 166 Å². The van der Waals surface area contributed by atoms with E-state index in [0.29, 0.717) is 25.6 Å². The highest BCUT2D eigenvalue weighted by Gasteiger charge is 2.46. The molecule has 4 rings (SSSR count). The van der Waals surface area contributed by atoms with E-state index in [4.69, 9.17) is 11.6 Å². The van der Waals surface area contributed by atoms with Crippen LogP contribution in [0.1, 0.15) is 56.9 Å². The maximum absolute atomic E-state index is 12.9. The van der Waals surface area contributed by atoms with Gasteiger partial charge in [-0.05, 0) is 37.0 Å². The first-order chi connectivity index (χ1) is 13.0. The Hall–Kier alpha value is -1.75. The van der Waals surface area contributed by atoms with Gasteiger partial charge in [0.05, 0.1) is 5.54 Å². The minimum atomic E-state index is -0.154. The highest BCUT2D eigenvalue weighted by Crippen LogP contribution is 2.41. The first-order valence-corrected chi connectivity index (χ1v) is 10.5. The molecule has 6 heteroatoms. The third kappa shape index (κ3) is 3.79. The van der Waals surface area contributed by atoms with Gasteiger partial charge in [-0.3, -0.25) is 4.79 Å². The molecular weight excluding hydrogens is 362 g/mol. The second kappa shape index (κ2) is 7.34. The molecule has 0 radical (unpaired) electrons. The lowest BCUT2D eigenvalue weighted by Crippen LogP contribution is -2.66. The summed E-state index contributed by atoms with van der Waals surface area (Å²) < 4.78 is 0. The molecule has 1 aliphatic heterocycles. The minimum absolute atomic E-state index is 0.0182. The van der Waals surface area contributed by atoms with Gasteiger partial charge in [-0.15, -0.1) is 0 Å². The molecule has 3 amide bonds. The molecule has 1 spiro atoms. The molecule has 1 heterocycles. The predicted molar refractivity (Wildman–Crippen MR) is 106 cm³/mol. The number of nitrogens with one attached hydrogen (secondary N) is 1. The Morgan fingerprint density at radius 3 is 2.48 bits per heavy atom. The fourth-order valence-corrected chi connectivity index (χ4v) is 5.09. The van der Waals surface area contributed by atoms with E-state index in [0.717, 1.165) is 37.1 Å². The molecule has 2 aliphatic carbocycles. The summed E-state index contributed by atoms with van der Waals surface area (Å²) in [5, 5.41) is 3.94. The first kappa shape index (κ1) is 18.6. The number of carbonyl (C=O) groups is 2. The quantitative estimate of drug-likeness (QED) is 0.836. The number of rotatable bonds is 2. The van der Waals surface area contributed by atoms with Crippen molar-refractivity contribution in [2.24, 2.45) is 0 Å². The van der Waals surface area contributed by atoms with E-state index in [-0.39, 0.29) is 23.5 Å². The van der Waals surface area contributed by atoms with Crippen LogP contribution in [-0.2, 0) is 4.79 Å². The second-order valence-electron chi connectivity index (χ2n) is 8.33. The summed E-state index contributed by atoms with van der Waals surface area (Å²) in [6.07, 6.45) is 6.50. The Bertz CT molecular complexity index is 715. The molecule has 1 saturated heterocycles.